The molecule has 0 N–H and O–H groups in total. The fourth-order valence-electron chi connectivity index (χ4n) is 2.23. The number of benzene rings is 1. The second kappa shape index (κ2) is 6.56. The van der Waals surface area contributed by atoms with Crippen LogP contribution in [-0.4, -0.2) is 11.6 Å². The molecule has 1 aromatic rings. The molecule has 0 saturated carbocycles. The maximum atomic E-state index is 12.7. The van der Waals surface area contributed by atoms with Crippen LogP contribution in [-0.2, 0) is 14.9 Å². The zero-order valence-electron chi connectivity index (χ0n) is 12.7. The van der Waals surface area contributed by atoms with E-state index in [-0.39, 0.29) is 5.97 Å². The molecule has 0 aliphatic heterocycles. The van der Waals surface area contributed by atoms with E-state index in [1.54, 1.807) is 12.2 Å². The molecule has 108 valence electrons. The predicted molar refractivity (Wildman–Crippen MR) is 83.6 cm³/mol. The Kier molecular flexibility index (Phi) is 5.32. The van der Waals surface area contributed by atoms with E-state index in [1.165, 1.54) is 0 Å². The molecule has 2 heteroatoms. The molecule has 2 nitrogen and oxygen atoms in total. The van der Waals surface area contributed by atoms with E-state index in [9.17, 15) is 4.79 Å². The first-order chi connectivity index (χ1) is 9.35. The van der Waals surface area contributed by atoms with Crippen molar-refractivity contribution in [1.29, 1.82) is 0 Å². The lowest BCUT2D eigenvalue weighted by molar-refractivity contribution is -0.162. The van der Waals surface area contributed by atoms with Gasteiger partial charge >= 0.3 is 5.97 Å². The topological polar surface area (TPSA) is 26.3 Å². The Balaban J connectivity index is 3.28. The highest BCUT2D eigenvalue weighted by molar-refractivity contribution is 5.84. The number of ether oxygens (including phenoxy) is 1. The molecule has 0 amide bonds. The monoisotopic (exact) mass is 272 g/mol. The van der Waals surface area contributed by atoms with Gasteiger partial charge in [-0.05, 0) is 39.2 Å². The second-order valence-electron chi connectivity index (χ2n) is 5.94. The first-order valence-corrected chi connectivity index (χ1v) is 6.86. The van der Waals surface area contributed by atoms with Gasteiger partial charge in [-0.25, -0.2) is 0 Å². The number of carbonyl (C=O) groups is 1. The van der Waals surface area contributed by atoms with Crippen LogP contribution >= 0.6 is 0 Å². The lowest BCUT2D eigenvalue weighted by atomic mass is 9.74. The highest BCUT2D eigenvalue weighted by atomic mass is 16.6. The molecule has 0 bridgehead atoms. The van der Waals surface area contributed by atoms with Crippen molar-refractivity contribution in [2.24, 2.45) is 0 Å². The van der Waals surface area contributed by atoms with Gasteiger partial charge in [-0.2, -0.15) is 0 Å². The molecular formula is C18H24O2. The Hall–Kier alpha value is -1.83. The van der Waals surface area contributed by atoms with Crippen LogP contribution in [0.4, 0.5) is 0 Å². The number of rotatable bonds is 6. The Morgan fingerprint density at radius 3 is 2.00 bits per heavy atom. The molecule has 0 atom stereocenters. The van der Waals surface area contributed by atoms with Crippen LogP contribution in [0.5, 0.6) is 0 Å². The quantitative estimate of drug-likeness (QED) is 0.566. The van der Waals surface area contributed by atoms with Crippen LogP contribution in [0.15, 0.2) is 55.6 Å². The van der Waals surface area contributed by atoms with E-state index in [0.29, 0.717) is 12.8 Å². The van der Waals surface area contributed by atoms with E-state index in [1.807, 2.05) is 51.1 Å². The third kappa shape index (κ3) is 3.83. The SMILES string of the molecule is C=CCC(CC=C)(C(=O)OC(C)(C)C)c1ccccc1. The number of allylic oxidation sites excluding steroid dienone is 2. The number of hydrogen-bond acceptors (Lipinski definition) is 2. The maximum Gasteiger partial charge on any atom is 0.317 e. The van der Waals surface area contributed by atoms with Crippen molar-refractivity contribution in [3.05, 3.63) is 61.2 Å². The lowest BCUT2D eigenvalue weighted by Crippen LogP contribution is -2.40. The van der Waals surface area contributed by atoms with Crippen LogP contribution in [0.2, 0.25) is 0 Å². The summed E-state index contributed by atoms with van der Waals surface area (Å²) in [6, 6.07) is 9.71. The average Bonchev–Trinajstić information content (AvgIpc) is 2.37. The van der Waals surface area contributed by atoms with Gasteiger partial charge in [-0.3, -0.25) is 4.79 Å². The van der Waals surface area contributed by atoms with Crippen LogP contribution in [0.3, 0.4) is 0 Å². The smallest absolute Gasteiger partial charge is 0.317 e. The van der Waals surface area contributed by atoms with Gasteiger partial charge in [0.25, 0.3) is 0 Å². The third-order valence-corrected chi connectivity index (χ3v) is 3.10. The van der Waals surface area contributed by atoms with Crippen molar-refractivity contribution in [1.82, 2.24) is 0 Å². The van der Waals surface area contributed by atoms with Crippen LogP contribution in [0.25, 0.3) is 0 Å². The van der Waals surface area contributed by atoms with E-state index >= 15 is 0 Å². The molecule has 1 rings (SSSR count). The molecular weight excluding hydrogens is 248 g/mol. The van der Waals surface area contributed by atoms with Crippen LogP contribution in [0.1, 0.15) is 39.2 Å². The molecule has 0 fully saturated rings. The standard InChI is InChI=1S/C18H24O2/c1-6-13-18(14-7-2,15-11-9-8-10-12-15)16(19)20-17(3,4)5/h6-12H,1-2,13-14H2,3-5H3. The zero-order chi connectivity index (χ0) is 15.2. The van der Waals surface area contributed by atoms with Crippen LogP contribution < -0.4 is 0 Å². The van der Waals surface area contributed by atoms with Gasteiger partial charge in [-0.15, -0.1) is 13.2 Å². The molecule has 0 heterocycles. The highest BCUT2D eigenvalue weighted by Gasteiger charge is 2.41. The second-order valence-corrected chi connectivity index (χ2v) is 5.94. The van der Waals surface area contributed by atoms with E-state index in [4.69, 9.17) is 4.74 Å². The van der Waals surface area contributed by atoms with Gasteiger partial charge in [0.15, 0.2) is 0 Å². The van der Waals surface area contributed by atoms with Gasteiger partial charge in [0, 0.05) is 0 Å². The molecule has 0 spiro atoms. The first-order valence-electron chi connectivity index (χ1n) is 6.86. The fourth-order valence-corrected chi connectivity index (χ4v) is 2.23. The molecule has 0 radical (unpaired) electrons. The van der Waals surface area contributed by atoms with E-state index < -0.39 is 11.0 Å². The fraction of sp³-hybridized carbons (Fsp3) is 0.389. The van der Waals surface area contributed by atoms with Crippen molar-refractivity contribution in [2.75, 3.05) is 0 Å². The van der Waals surface area contributed by atoms with Gasteiger partial charge < -0.3 is 4.74 Å². The zero-order valence-corrected chi connectivity index (χ0v) is 12.7. The minimum atomic E-state index is -0.738. The molecule has 0 aliphatic carbocycles. The van der Waals surface area contributed by atoms with Gasteiger partial charge in [0.1, 0.15) is 5.60 Å². The molecule has 0 aromatic heterocycles. The Morgan fingerprint density at radius 1 is 1.10 bits per heavy atom. The summed E-state index contributed by atoms with van der Waals surface area (Å²) in [7, 11) is 0. The largest absolute Gasteiger partial charge is 0.459 e. The summed E-state index contributed by atoms with van der Waals surface area (Å²) in [5.41, 5.74) is -0.314. The number of carbonyl (C=O) groups excluding carboxylic acids is 1. The van der Waals surface area contributed by atoms with Crippen molar-refractivity contribution < 1.29 is 9.53 Å². The number of esters is 1. The maximum absolute atomic E-state index is 12.7. The summed E-state index contributed by atoms with van der Waals surface area (Å²) in [5, 5.41) is 0. The summed E-state index contributed by atoms with van der Waals surface area (Å²) in [5.74, 6) is -0.226. The Bertz CT molecular complexity index is 456. The Labute approximate surface area is 122 Å². The summed E-state index contributed by atoms with van der Waals surface area (Å²) in [6.07, 6.45) is 4.58. The minimum Gasteiger partial charge on any atom is -0.459 e. The number of hydrogen-bond donors (Lipinski definition) is 0. The van der Waals surface area contributed by atoms with Gasteiger partial charge in [-0.1, -0.05) is 42.5 Å². The first kappa shape index (κ1) is 16.2. The van der Waals surface area contributed by atoms with Crippen molar-refractivity contribution in [2.45, 2.75) is 44.6 Å². The normalized spacial score (nSPS) is 11.8. The van der Waals surface area contributed by atoms with Crippen molar-refractivity contribution in [3.8, 4) is 0 Å². The van der Waals surface area contributed by atoms with Crippen molar-refractivity contribution in [3.63, 3.8) is 0 Å². The van der Waals surface area contributed by atoms with Crippen molar-refractivity contribution >= 4 is 5.97 Å². The highest BCUT2D eigenvalue weighted by Crippen LogP contribution is 2.35. The minimum absolute atomic E-state index is 0.226. The molecule has 1 aromatic carbocycles. The molecule has 0 unspecified atom stereocenters. The Morgan fingerprint density at radius 2 is 1.60 bits per heavy atom. The van der Waals surface area contributed by atoms with Crippen LogP contribution in [0, 0.1) is 0 Å². The van der Waals surface area contributed by atoms with E-state index in [0.717, 1.165) is 5.56 Å². The summed E-state index contributed by atoms with van der Waals surface area (Å²) >= 11 is 0. The third-order valence-electron chi connectivity index (χ3n) is 3.10. The predicted octanol–water partition coefficient (Wildman–Crippen LogP) is 4.42. The molecule has 20 heavy (non-hydrogen) atoms. The molecule has 0 saturated heterocycles. The lowest BCUT2D eigenvalue weighted by Gasteiger charge is -2.33. The summed E-state index contributed by atoms with van der Waals surface area (Å²) < 4.78 is 5.63. The van der Waals surface area contributed by atoms with Gasteiger partial charge in [0.2, 0.25) is 0 Å². The average molecular weight is 272 g/mol. The summed E-state index contributed by atoms with van der Waals surface area (Å²) in [6.45, 7) is 13.2. The molecule has 0 aliphatic rings. The van der Waals surface area contributed by atoms with Gasteiger partial charge in [0.05, 0.1) is 5.41 Å². The summed E-state index contributed by atoms with van der Waals surface area (Å²) in [4.78, 5) is 12.7. The van der Waals surface area contributed by atoms with E-state index in [2.05, 4.69) is 13.2 Å².